The average Bonchev–Trinajstić information content (AvgIpc) is 2.83. The first kappa shape index (κ1) is 12.7. The summed E-state index contributed by atoms with van der Waals surface area (Å²) in [5.74, 6) is 0.803. The van der Waals surface area contributed by atoms with Crippen LogP contribution in [0.4, 0.5) is 0 Å². The topological polar surface area (TPSA) is 27.1 Å². The van der Waals surface area contributed by atoms with Crippen molar-refractivity contribution in [3.05, 3.63) is 60.0 Å². The van der Waals surface area contributed by atoms with E-state index < -0.39 is 0 Å². The fourth-order valence-electron chi connectivity index (χ4n) is 2.45. The molecule has 0 saturated heterocycles. The van der Waals surface area contributed by atoms with Crippen LogP contribution in [0.15, 0.2) is 48.9 Å². The molecule has 3 heteroatoms. The largest absolute Gasteiger partial charge is 0.487 e. The highest BCUT2D eigenvalue weighted by molar-refractivity contribution is 5.84. The summed E-state index contributed by atoms with van der Waals surface area (Å²) in [6.07, 6.45) is 5.67. The lowest BCUT2D eigenvalue weighted by atomic mass is 10.1. The summed E-state index contributed by atoms with van der Waals surface area (Å²) in [4.78, 5) is 4.06. The Balaban J connectivity index is 1.93. The maximum Gasteiger partial charge on any atom is 0.138 e. The van der Waals surface area contributed by atoms with E-state index in [2.05, 4.69) is 47.8 Å². The zero-order valence-electron chi connectivity index (χ0n) is 11.8. The molecule has 0 radical (unpaired) electrons. The lowest BCUT2D eigenvalue weighted by Crippen LogP contribution is -1.95. The van der Waals surface area contributed by atoms with Crippen LogP contribution in [0.2, 0.25) is 0 Å². The number of aromatic nitrogens is 2. The Labute approximate surface area is 118 Å². The summed E-state index contributed by atoms with van der Waals surface area (Å²) in [6.45, 7) is 5.81. The van der Waals surface area contributed by atoms with Crippen LogP contribution in [0.25, 0.3) is 10.9 Å². The van der Waals surface area contributed by atoms with Gasteiger partial charge in [0.05, 0.1) is 6.20 Å². The van der Waals surface area contributed by atoms with Crippen molar-refractivity contribution >= 4 is 10.9 Å². The monoisotopic (exact) mass is 266 g/mol. The van der Waals surface area contributed by atoms with Crippen molar-refractivity contribution in [3.63, 3.8) is 0 Å². The van der Waals surface area contributed by atoms with E-state index in [1.165, 1.54) is 22.0 Å². The smallest absolute Gasteiger partial charge is 0.138 e. The normalized spacial score (nSPS) is 10.9. The Morgan fingerprint density at radius 2 is 2.15 bits per heavy atom. The minimum atomic E-state index is 0.568. The fraction of sp³-hybridized carbons (Fsp3) is 0.235. The molecule has 1 aromatic carbocycles. The first-order valence-corrected chi connectivity index (χ1v) is 6.89. The van der Waals surface area contributed by atoms with E-state index in [-0.39, 0.29) is 0 Å². The number of benzene rings is 1. The van der Waals surface area contributed by atoms with Gasteiger partial charge in [0.2, 0.25) is 0 Å². The number of ether oxygens (including phenoxy) is 1. The van der Waals surface area contributed by atoms with Crippen LogP contribution in [0.1, 0.15) is 18.1 Å². The zero-order chi connectivity index (χ0) is 13.9. The maximum atomic E-state index is 5.82. The van der Waals surface area contributed by atoms with Crippen molar-refractivity contribution in [2.45, 2.75) is 27.0 Å². The average molecular weight is 266 g/mol. The second-order valence-corrected chi connectivity index (χ2v) is 4.94. The van der Waals surface area contributed by atoms with Crippen LogP contribution >= 0.6 is 0 Å². The summed E-state index contributed by atoms with van der Waals surface area (Å²) in [5.41, 5.74) is 3.76. The molecule has 0 fully saturated rings. The lowest BCUT2D eigenvalue weighted by Gasteiger charge is -2.04. The van der Waals surface area contributed by atoms with Gasteiger partial charge in [0.1, 0.15) is 12.4 Å². The first-order valence-electron chi connectivity index (χ1n) is 6.89. The third kappa shape index (κ3) is 2.39. The van der Waals surface area contributed by atoms with Crippen LogP contribution < -0.4 is 4.74 Å². The Bertz CT molecular complexity index is 716. The van der Waals surface area contributed by atoms with Crippen molar-refractivity contribution in [3.8, 4) is 5.75 Å². The zero-order valence-corrected chi connectivity index (χ0v) is 11.8. The SMILES string of the molecule is CCn1cc(COc2cccnc2)c2cc(C)ccc21. The third-order valence-corrected chi connectivity index (χ3v) is 3.49. The van der Waals surface area contributed by atoms with E-state index in [1.807, 2.05) is 12.1 Å². The van der Waals surface area contributed by atoms with Crippen molar-refractivity contribution in [1.29, 1.82) is 0 Å². The molecular weight excluding hydrogens is 248 g/mol. The van der Waals surface area contributed by atoms with E-state index in [0.29, 0.717) is 6.61 Å². The Hall–Kier alpha value is -2.29. The highest BCUT2D eigenvalue weighted by atomic mass is 16.5. The lowest BCUT2D eigenvalue weighted by molar-refractivity contribution is 0.306. The minimum absolute atomic E-state index is 0.568. The van der Waals surface area contributed by atoms with Gasteiger partial charge < -0.3 is 9.30 Å². The number of nitrogens with zero attached hydrogens (tertiary/aromatic N) is 2. The molecule has 0 aliphatic heterocycles. The van der Waals surface area contributed by atoms with Crippen molar-refractivity contribution in [2.24, 2.45) is 0 Å². The van der Waals surface area contributed by atoms with E-state index in [1.54, 1.807) is 12.4 Å². The van der Waals surface area contributed by atoms with E-state index >= 15 is 0 Å². The van der Waals surface area contributed by atoms with Gasteiger partial charge in [0, 0.05) is 35.4 Å². The maximum absolute atomic E-state index is 5.82. The van der Waals surface area contributed by atoms with Crippen LogP contribution in [0, 0.1) is 6.92 Å². The molecule has 0 aliphatic carbocycles. The highest BCUT2D eigenvalue weighted by Gasteiger charge is 2.08. The molecule has 0 unspecified atom stereocenters. The minimum Gasteiger partial charge on any atom is -0.487 e. The number of rotatable bonds is 4. The Kier molecular flexibility index (Phi) is 3.42. The Morgan fingerprint density at radius 1 is 1.25 bits per heavy atom. The summed E-state index contributed by atoms with van der Waals surface area (Å²) < 4.78 is 8.08. The molecule has 3 rings (SSSR count). The number of hydrogen-bond donors (Lipinski definition) is 0. The van der Waals surface area contributed by atoms with Crippen molar-refractivity contribution in [1.82, 2.24) is 9.55 Å². The van der Waals surface area contributed by atoms with Gasteiger partial charge in [-0.3, -0.25) is 4.98 Å². The molecule has 0 saturated carbocycles. The van der Waals surface area contributed by atoms with Crippen LogP contribution in [0.3, 0.4) is 0 Å². The number of hydrogen-bond acceptors (Lipinski definition) is 2. The van der Waals surface area contributed by atoms with Crippen LogP contribution in [-0.2, 0) is 13.2 Å². The van der Waals surface area contributed by atoms with Crippen LogP contribution in [-0.4, -0.2) is 9.55 Å². The predicted molar refractivity (Wildman–Crippen MR) is 80.9 cm³/mol. The number of aryl methyl sites for hydroxylation is 2. The van der Waals surface area contributed by atoms with E-state index in [4.69, 9.17) is 4.74 Å². The van der Waals surface area contributed by atoms with Gasteiger partial charge in [-0.05, 0) is 38.1 Å². The summed E-state index contributed by atoms with van der Waals surface area (Å²) >= 11 is 0. The third-order valence-electron chi connectivity index (χ3n) is 3.49. The molecule has 0 amide bonds. The van der Waals surface area contributed by atoms with Gasteiger partial charge >= 0.3 is 0 Å². The molecule has 2 aromatic heterocycles. The molecule has 3 nitrogen and oxygen atoms in total. The van der Waals surface area contributed by atoms with Crippen molar-refractivity contribution < 1.29 is 4.74 Å². The standard InChI is InChI=1S/C17H18N2O/c1-3-19-11-14(12-20-15-5-4-8-18-10-15)16-9-13(2)6-7-17(16)19/h4-11H,3,12H2,1-2H3. The molecule has 102 valence electrons. The van der Waals surface area contributed by atoms with Crippen LogP contribution in [0.5, 0.6) is 5.75 Å². The van der Waals surface area contributed by atoms with Gasteiger partial charge in [0.25, 0.3) is 0 Å². The molecule has 0 atom stereocenters. The molecule has 3 aromatic rings. The number of fused-ring (bicyclic) bond motifs is 1. The van der Waals surface area contributed by atoms with Gasteiger partial charge in [-0.15, -0.1) is 0 Å². The van der Waals surface area contributed by atoms with E-state index in [0.717, 1.165) is 12.3 Å². The second kappa shape index (κ2) is 5.37. The molecule has 2 heterocycles. The number of pyridine rings is 1. The summed E-state index contributed by atoms with van der Waals surface area (Å²) in [7, 11) is 0. The molecule has 0 aliphatic rings. The molecule has 0 N–H and O–H groups in total. The highest BCUT2D eigenvalue weighted by Crippen LogP contribution is 2.24. The predicted octanol–water partition coefficient (Wildman–Crippen LogP) is 3.94. The summed E-state index contributed by atoms with van der Waals surface area (Å²) in [6, 6.07) is 10.4. The first-order chi connectivity index (χ1) is 9.78. The van der Waals surface area contributed by atoms with Gasteiger partial charge in [-0.1, -0.05) is 11.6 Å². The quantitative estimate of drug-likeness (QED) is 0.715. The molecule has 0 spiro atoms. The summed E-state index contributed by atoms with van der Waals surface area (Å²) in [5, 5.41) is 1.27. The van der Waals surface area contributed by atoms with E-state index in [9.17, 15) is 0 Å². The fourth-order valence-corrected chi connectivity index (χ4v) is 2.45. The second-order valence-electron chi connectivity index (χ2n) is 4.94. The molecular formula is C17H18N2O. The van der Waals surface area contributed by atoms with Crippen molar-refractivity contribution in [2.75, 3.05) is 0 Å². The Morgan fingerprint density at radius 3 is 2.90 bits per heavy atom. The van der Waals surface area contributed by atoms with Gasteiger partial charge in [-0.25, -0.2) is 0 Å². The van der Waals surface area contributed by atoms with Gasteiger partial charge in [0.15, 0.2) is 0 Å². The van der Waals surface area contributed by atoms with Gasteiger partial charge in [-0.2, -0.15) is 0 Å². The molecule has 0 bridgehead atoms. The molecule has 20 heavy (non-hydrogen) atoms.